The average molecular weight is 441 g/mol. The highest BCUT2D eigenvalue weighted by atomic mass is 35.5. The number of benzene rings is 1. The third-order valence-corrected chi connectivity index (χ3v) is 5.57. The van der Waals surface area contributed by atoms with Crippen LogP contribution in [0.4, 0.5) is 5.69 Å². The number of hydrogen-bond acceptors (Lipinski definition) is 7. The van der Waals surface area contributed by atoms with E-state index in [9.17, 15) is 10.1 Å². The van der Waals surface area contributed by atoms with Crippen LogP contribution in [0, 0.1) is 17.2 Å². The van der Waals surface area contributed by atoms with Gasteiger partial charge in [-0.1, -0.05) is 54.7 Å². The van der Waals surface area contributed by atoms with Crippen molar-refractivity contribution < 1.29 is 4.79 Å². The Hall–Kier alpha value is -2.95. The van der Waals surface area contributed by atoms with Crippen molar-refractivity contribution in [2.24, 2.45) is 16.0 Å². The summed E-state index contributed by atoms with van der Waals surface area (Å²) in [5.41, 5.74) is 5.31. The topological polar surface area (TPSA) is 93.7 Å². The van der Waals surface area contributed by atoms with Gasteiger partial charge in [-0.15, -0.1) is 0 Å². The molecule has 4 rings (SSSR count). The zero-order valence-corrected chi connectivity index (χ0v) is 17.7. The summed E-state index contributed by atoms with van der Waals surface area (Å²) in [6.45, 7) is 2.16. The zero-order valence-electron chi connectivity index (χ0n) is 16.1. The van der Waals surface area contributed by atoms with Crippen LogP contribution >= 0.6 is 23.2 Å². The molecule has 2 aliphatic rings. The van der Waals surface area contributed by atoms with Gasteiger partial charge < -0.3 is 0 Å². The van der Waals surface area contributed by atoms with E-state index in [0.717, 1.165) is 6.42 Å². The largest absolute Gasteiger partial charge is 0.295 e. The smallest absolute Gasteiger partial charge is 0.194 e. The van der Waals surface area contributed by atoms with Crippen molar-refractivity contribution in [3.8, 4) is 6.07 Å². The van der Waals surface area contributed by atoms with E-state index >= 15 is 0 Å². The molecule has 2 aliphatic heterocycles. The summed E-state index contributed by atoms with van der Waals surface area (Å²) in [5, 5.41) is 14.6. The first-order valence-corrected chi connectivity index (χ1v) is 10.3. The SMILES string of the molecule is CCCC(C#N)C(=O)C1NN=C2CN=C(c3ccccc3Cl)c3nc(Cl)ccc3N21. The predicted octanol–water partition coefficient (Wildman–Crippen LogP) is 3.80. The lowest BCUT2D eigenvalue weighted by Crippen LogP contribution is -2.49. The van der Waals surface area contributed by atoms with Crippen LogP contribution in [0.25, 0.3) is 0 Å². The number of carbonyl (C=O) groups excluding carboxylic acids is 1. The number of nitrogens with zero attached hydrogens (tertiary/aromatic N) is 5. The van der Waals surface area contributed by atoms with Gasteiger partial charge in [0, 0.05) is 5.56 Å². The highest BCUT2D eigenvalue weighted by Crippen LogP contribution is 2.32. The van der Waals surface area contributed by atoms with E-state index < -0.39 is 12.1 Å². The summed E-state index contributed by atoms with van der Waals surface area (Å²) in [6, 6.07) is 12.9. The number of hydrazone groups is 1. The number of anilines is 1. The second-order valence-electron chi connectivity index (χ2n) is 6.95. The Morgan fingerprint density at radius 1 is 1.33 bits per heavy atom. The molecule has 0 radical (unpaired) electrons. The summed E-state index contributed by atoms with van der Waals surface area (Å²) < 4.78 is 0. The number of aromatic nitrogens is 1. The molecule has 2 atom stereocenters. The number of Topliss-reactive ketones (excluding diaryl/α,β-unsaturated/α-hetero) is 1. The van der Waals surface area contributed by atoms with Crippen LogP contribution in [-0.2, 0) is 4.79 Å². The number of amidine groups is 1. The maximum atomic E-state index is 13.1. The van der Waals surface area contributed by atoms with Crippen LogP contribution in [0.3, 0.4) is 0 Å². The van der Waals surface area contributed by atoms with E-state index in [1.807, 2.05) is 25.1 Å². The van der Waals surface area contributed by atoms with Crippen molar-refractivity contribution in [2.45, 2.75) is 25.9 Å². The van der Waals surface area contributed by atoms with Gasteiger partial charge in [-0.05, 0) is 24.6 Å². The number of carbonyl (C=O) groups is 1. The standard InChI is InChI=1S/C21H18Cl2N6O/c1-2-5-12(10-24)20(30)21-28-27-17-11-25-18(13-6-3-4-7-14(13)22)19-15(29(17)21)8-9-16(23)26-19/h3-4,6-9,12,21,28H,2,5,11H2,1H3. The maximum absolute atomic E-state index is 13.1. The molecule has 30 heavy (non-hydrogen) atoms. The normalized spacial score (nSPS) is 18.2. The lowest BCUT2D eigenvalue weighted by atomic mass is 9.97. The fraction of sp³-hybridized carbons (Fsp3) is 0.286. The van der Waals surface area contributed by atoms with Gasteiger partial charge in [0.15, 0.2) is 17.8 Å². The van der Waals surface area contributed by atoms with Crippen molar-refractivity contribution in [3.63, 3.8) is 0 Å². The van der Waals surface area contributed by atoms with Crippen molar-refractivity contribution >= 4 is 46.2 Å². The van der Waals surface area contributed by atoms with Gasteiger partial charge in [0.1, 0.15) is 16.8 Å². The van der Waals surface area contributed by atoms with Crippen molar-refractivity contribution in [2.75, 3.05) is 11.4 Å². The Morgan fingerprint density at radius 2 is 2.13 bits per heavy atom. The summed E-state index contributed by atoms with van der Waals surface area (Å²) in [4.78, 5) is 24.1. The molecule has 2 aromatic rings. The summed E-state index contributed by atoms with van der Waals surface area (Å²) in [6.07, 6.45) is 0.417. The van der Waals surface area contributed by atoms with E-state index in [4.69, 9.17) is 28.2 Å². The second kappa shape index (κ2) is 8.42. The minimum atomic E-state index is -0.807. The Balaban J connectivity index is 1.82. The molecule has 0 aliphatic carbocycles. The van der Waals surface area contributed by atoms with Gasteiger partial charge in [-0.2, -0.15) is 10.4 Å². The number of fused-ring (bicyclic) bond motifs is 3. The maximum Gasteiger partial charge on any atom is 0.194 e. The molecule has 9 heteroatoms. The first-order chi connectivity index (χ1) is 14.5. The van der Waals surface area contributed by atoms with Crippen LogP contribution in [-0.4, -0.2) is 35.0 Å². The molecular weight excluding hydrogens is 423 g/mol. The van der Waals surface area contributed by atoms with E-state index in [0.29, 0.717) is 45.1 Å². The molecular formula is C21H18Cl2N6O. The molecule has 3 heterocycles. The highest BCUT2D eigenvalue weighted by molar-refractivity contribution is 6.36. The number of pyridine rings is 1. The molecule has 0 bridgehead atoms. The van der Waals surface area contributed by atoms with Gasteiger partial charge in [-0.25, -0.2) is 4.98 Å². The first kappa shape index (κ1) is 20.3. The molecule has 2 unspecified atom stereocenters. The number of halogens is 2. The number of hydrogen-bond donors (Lipinski definition) is 1. The third kappa shape index (κ3) is 3.53. The van der Waals surface area contributed by atoms with Gasteiger partial charge >= 0.3 is 0 Å². The minimum Gasteiger partial charge on any atom is -0.295 e. The van der Waals surface area contributed by atoms with Crippen LogP contribution < -0.4 is 10.3 Å². The van der Waals surface area contributed by atoms with Gasteiger partial charge in [0.2, 0.25) is 0 Å². The second-order valence-corrected chi connectivity index (χ2v) is 7.74. The predicted molar refractivity (Wildman–Crippen MR) is 117 cm³/mol. The van der Waals surface area contributed by atoms with E-state index in [2.05, 4.69) is 21.6 Å². The van der Waals surface area contributed by atoms with E-state index in [1.165, 1.54) is 0 Å². The number of rotatable bonds is 5. The van der Waals surface area contributed by atoms with Crippen molar-refractivity contribution in [1.29, 1.82) is 5.26 Å². The molecule has 1 aromatic carbocycles. The highest BCUT2D eigenvalue weighted by Gasteiger charge is 2.40. The van der Waals surface area contributed by atoms with Crippen LogP contribution in [0.5, 0.6) is 0 Å². The quantitative estimate of drug-likeness (QED) is 0.713. The molecule has 0 spiro atoms. The van der Waals surface area contributed by atoms with Gasteiger partial charge in [0.05, 0.1) is 29.0 Å². The number of nitrogens with one attached hydrogen (secondary N) is 1. The number of aliphatic imine (C=N–C) groups is 1. The molecule has 7 nitrogen and oxygen atoms in total. The Bertz CT molecular complexity index is 1110. The lowest BCUT2D eigenvalue weighted by Gasteiger charge is -2.27. The monoisotopic (exact) mass is 440 g/mol. The molecule has 0 fully saturated rings. The molecule has 1 N–H and O–H groups in total. The van der Waals surface area contributed by atoms with Crippen LogP contribution in [0.2, 0.25) is 10.2 Å². The molecule has 152 valence electrons. The molecule has 1 aromatic heterocycles. The van der Waals surface area contributed by atoms with Crippen molar-refractivity contribution in [3.05, 3.63) is 57.8 Å². The molecule has 0 saturated heterocycles. The number of ketones is 1. The summed E-state index contributed by atoms with van der Waals surface area (Å²) in [5.74, 6) is -0.396. The molecule has 0 amide bonds. The summed E-state index contributed by atoms with van der Waals surface area (Å²) >= 11 is 12.6. The number of nitriles is 1. The van der Waals surface area contributed by atoms with E-state index in [1.54, 1.807) is 23.1 Å². The Morgan fingerprint density at radius 3 is 2.87 bits per heavy atom. The van der Waals surface area contributed by atoms with Crippen LogP contribution in [0.15, 0.2) is 46.5 Å². The van der Waals surface area contributed by atoms with Crippen molar-refractivity contribution in [1.82, 2.24) is 10.4 Å². The summed E-state index contributed by atoms with van der Waals surface area (Å²) in [7, 11) is 0. The molecule has 0 saturated carbocycles. The zero-order chi connectivity index (χ0) is 21.3. The van der Waals surface area contributed by atoms with E-state index in [-0.39, 0.29) is 12.3 Å². The fourth-order valence-electron chi connectivity index (χ4n) is 3.61. The van der Waals surface area contributed by atoms with Gasteiger partial charge in [-0.3, -0.25) is 20.1 Å². The average Bonchev–Trinajstić information content (AvgIpc) is 3.10. The lowest BCUT2D eigenvalue weighted by molar-refractivity contribution is -0.123. The Kier molecular flexibility index (Phi) is 5.71. The minimum absolute atomic E-state index is 0.219. The Labute approximate surface area is 184 Å². The van der Waals surface area contributed by atoms with Gasteiger partial charge in [0.25, 0.3) is 0 Å². The first-order valence-electron chi connectivity index (χ1n) is 9.56. The fourth-order valence-corrected chi connectivity index (χ4v) is 3.99. The van der Waals surface area contributed by atoms with Crippen LogP contribution in [0.1, 0.15) is 31.0 Å². The third-order valence-electron chi connectivity index (χ3n) is 5.03.